The van der Waals surface area contributed by atoms with E-state index >= 15 is 0 Å². The normalized spacial score (nSPS) is 14.7. The highest BCUT2D eigenvalue weighted by molar-refractivity contribution is 7.92. The number of nitrogens with one attached hydrogen (secondary N) is 3. The summed E-state index contributed by atoms with van der Waals surface area (Å²) < 4.78 is 31.7. The van der Waals surface area contributed by atoms with Crippen LogP contribution < -0.4 is 20.3 Å². The number of anilines is 5. The monoisotopic (exact) mass is 534 g/mol. The number of H-pyrrole nitrogens is 1. The van der Waals surface area contributed by atoms with E-state index in [0.29, 0.717) is 17.2 Å². The quantitative estimate of drug-likeness (QED) is 0.291. The first-order valence-corrected chi connectivity index (χ1v) is 14.3. The zero-order valence-electron chi connectivity index (χ0n) is 22.2. The van der Waals surface area contributed by atoms with E-state index in [9.17, 15) is 8.42 Å². The number of pyridine rings is 1. The summed E-state index contributed by atoms with van der Waals surface area (Å²) in [6.45, 7) is 7.38. The molecule has 0 aliphatic carbocycles. The van der Waals surface area contributed by atoms with Crippen LogP contribution in [0, 0.1) is 0 Å². The van der Waals surface area contributed by atoms with E-state index in [0.717, 1.165) is 54.4 Å². The zero-order chi connectivity index (χ0) is 26.9. The molecule has 200 valence electrons. The standard InChI is InChI=1S/C28H34N6O3S/c1-19(2)38(35,36)26-8-6-5-7-23(26)30-24-18-27(32-28-21(24)11-12-29-28)31-22-10-9-20(17-25(22)37-4)34-15-13-33(3)14-16-34/h5-12,17-19H,13-16H2,1-4H3,(H3,29,30,31,32). The topological polar surface area (TPSA) is 103 Å². The van der Waals surface area contributed by atoms with Gasteiger partial charge in [-0.05, 0) is 51.2 Å². The third kappa shape index (κ3) is 5.14. The van der Waals surface area contributed by atoms with E-state index in [2.05, 4.69) is 38.5 Å². The van der Waals surface area contributed by atoms with Gasteiger partial charge in [-0.25, -0.2) is 13.4 Å². The molecule has 2 aromatic carbocycles. The molecule has 0 unspecified atom stereocenters. The molecule has 0 atom stereocenters. The third-order valence-corrected chi connectivity index (χ3v) is 9.14. The molecule has 3 heterocycles. The van der Waals surface area contributed by atoms with Gasteiger partial charge >= 0.3 is 0 Å². The highest BCUT2D eigenvalue weighted by atomic mass is 32.2. The molecule has 4 aromatic rings. The average Bonchev–Trinajstić information content (AvgIpc) is 3.39. The van der Waals surface area contributed by atoms with E-state index < -0.39 is 15.1 Å². The summed E-state index contributed by atoms with van der Waals surface area (Å²) >= 11 is 0. The first-order valence-electron chi connectivity index (χ1n) is 12.7. The summed E-state index contributed by atoms with van der Waals surface area (Å²) in [7, 11) is 0.328. The number of hydrogen-bond acceptors (Lipinski definition) is 8. The van der Waals surface area contributed by atoms with Gasteiger partial charge in [0.1, 0.15) is 17.2 Å². The van der Waals surface area contributed by atoms with Gasteiger partial charge in [0.05, 0.1) is 34.3 Å². The Morgan fingerprint density at radius 3 is 2.45 bits per heavy atom. The molecule has 0 amide bonds. The fourth-order valence-electron chi connectivity index (χ4n) is 4.60. The van der Waals surface area contributed by atoms with Gasteiger partial charge in [-0.15, -0.1) is 0 Å². The van der Waals surface area contributed by atoms with Gasteiger partial charge in [0.25, 0.3) is 0 Å². The lowest BCUT2D eigenvalue weighted by Gasteiger charge is -2.34. The molecule has 0 saturated carbocycles. The molecule has 0 spiro atoms. The molecule has 1 aliphatic rings. The highest BCUT2D eigenvalue weighted by Crippen LogP contribution is 2.35. The number of rotatable bonds is 8. The number of aromatic nitrogens is 2. The van der Waals surface area contributed by atoms with Crippen LogP contribution >= 0.6 is 0 Å². The number of benzene rings is 2. The molecule has 3 N–H and O–H groups in total. The van der Waals surface area contributed by atoms with Crippen molar-refractivity contribution in [2.24, 2.45) is 0 Å². The summed E-state index contributed by atoms with van der Waals surface area (Å²) in [6, 6.07) is 16.9. The Morgan fingerprint density at radius 2 is 1.71 bits per heavy atom. The van der Waals surface area contributed by atoms with Crippen molar-refractivity contribution in [3.05, 3.63) is 60.8 Å². The predicted octanol–water partition coefficient (Wildman–Crippen LogP) is 4.99. The van der Waals surface area contributed by atoms with E-state index in [-0.39, 0.29) is 4.90 Å². The molecule has 10 heteroatoms. The summed E-state index contributed by atoms with van der Waals surface area (Å²) in [5.41, 5.74) is 3.85. The van der Waals surface area contributed by atoms with Gasteiger partial charge in [-0.2, -0.15) is 0 Å². The molecule has 0 bridgehead atoms. The molecular formula is C28H34N6O3S. The van der Waals surface area contributed by atoms with Crippen LogP contribution in [0.25, 0.3) is 11.0 Å². The minimum Gasteiger partial charge on any atom is -0.494 e. The lowest BCUT2D eigenvalue weighted by Crippen LogP contribution is -2.44. The van der Waals surface area contributed by atoms with Gasteiger partial charge in [-0.3, -0.25) is 0 Å². The maximum atomic E-state index is 13.0. The predicted molar refractivity (Wildman–Crippen MR) is 154 cm³/mol. The fraction of sp³-hybridized carbons (Fsp3) is 0.321. The van der Waals surface area contributed by atoms with Crippen LogP contribution in [-0.2, 0) is 9.84 Å². The average molecular weight is 535 g/mol. The highest BCUT2D eigenvalue weighted by Gasteiger charge is 2.23. The number of methoxy groups -OCH3 is 1. The number of aromatic amines is 1. The molecule has 9 nitrogen and oxygen atoms in total. The molecular weight excluding hydrogens is 500 g/mol. The molecule has 1 fully saturated rings. The lowest BCUT2D eigenvalue weighted by atomic mass is 10.2. The number of para-hydroxylation sites is 1. The smallest absolute Gasteiger partial charge is 0.182 e. The van der Waals surface area contributed by atoms with Crippen LogP contribution in [0.1, 0.15) is 13.8 Å². The number of fused-ring (bicyclic) bond motifs is 1. The van der Waals surface area contributed by atoms with Crippen molar-refractivity contribution in [3.8, 4) is 5.75 Å². The van der Waals surface area contributed by atoms with Crippen molar-refractivity contribution in [1.82, 2.24) is 14.9 Å². The number of likely N-dealkylation sites (N-methyl/N-ethyl adjacent to an activating group) is 1. The Bertz CT molecular complexity index is 1540. The Hall–Kier alpha value is -3.76. The second kappa shape index (κ2) is 10.5. The van der Waals surface area contributed by atoms with Crippen molar-refractivity contribution >= 4 is 49.4 Å². The summed E-state index contributed by atoms with van der Waals surface area (Å²) in [5, 5.41) is 7.06. The third-order valence-electron chi connectivity index (χ3n) is 6.93. The first-order chi connectivity index (χ1) is 18.3. The van der Waals surface area contributed by atoms with Crippen LogP contribution in [0.4, 0.5) is 28.6 Å². The number of piperazine rings is 1. The Balaban J connectivity index is 1.46. The summed E-state index contributed by atoms with van der Waals surface area (Å²) in [4.78, 5) is 12.9. The number of nitrogens with zero attached hydrogens (tertiary/aromatic N) is 3. The van der Waals surface area contributed by atoms with Crippen molar-refractivity contribution in [3.63, 3.8) is 0 Å². The summed E-state index contributed by atoms with van der Waals surface area (Å²) in [5.74, 6) is 1.31. The minimum absolute atomic E-state index is 0.270. The molecule has 1 aliphatic heterocycles. The number of hydrogen-bond donors (Lipinski definition) is 3. The molecule has 2 aromatic heterocycles. The van der Waals surface area contributed by atoms with E-state index in [1.54, 1.807) is 39.2 Å². The lowest BCUT2D eigenvalue weighted by molar-refractivity contribution is 0.312. The van der Waals surface area contributed by atoms with E-state index in [1.165, 1.54) is 0 Å². The fourth-order valence-corrected chi connectivity index (χ4v) is 5.81. The molecule has 1 saturated heterocycles. The van der Waals surface area contributed by atoms with Crippen LogP contribution in [0.2, 0.25) is 0 Å². The first kappa shape index (κ1) is 25.9. The molecule has 0 radical (unpaired) electrons. The van der Waals surface area contributed by atoms with Gasteiger partial charge in [-0.1, -0.05) is 12.1 Å². The second-order valence-electron chi connectivity index (χ2n) is 9.81. The molecule has 38 heavy (non-hydrogen) atoms. The minimum atomic E-state index is -3.48. The Kier molecular flexibility index (Phi) is 7.18. The van der Waals surface area contributed by atoms with Crippen molar-refractivity contribution in [2.45, 2.75) is 24.0 Å². The van der Waals surface area contributed by atoms with Crippen molar-refractivity contribution < 1.29 is 13.2 Å². The van der Waals surface area contributed by atoms with Crippen molar-refractivity contribution in [2.75, 3.05) is 55.9 Å². The van der Waals surface area contributed by atoms with Gasteiger partial charge in [0, 0.05) is 55.6 Å². The Labute approximate surface area is 223 Å². The van der Waals surface area contributed by atoms with Crippen LogP contribution in [0.15, 0.2) is 65.7 Å². The maximum Gasteiger partial charge on any atom is 0.182 e. The summed E-state index contributed by atoms with van der Waals surface area (Å²) in [6.07, 6.45) is 1.81. The number of sulfone groups is 1. The van der Waals surface area contributed by atoms with Gasteiger partial charge < -0.3 is 30.2 Å². The SMILES string of the molecule is COc1cc(N2CCN(C)CC2)ccc1Nc1cc(Nc2ccccc2S(=O)(=O)C(C)C)c2cc[nH]c2n1. The van der Waals surface area contributed by atoms with Crippen LogP contribution in [-0.4, -0.2) is 68.9 Å². The zero-order valence-corrected chi connectivity index (χ0v) is 23.0. The maximum absolute atomic E-state index is 13.0. The van der Waals surface area contributed by atoms with Gasteiger partial charge in [0.15, 0.2) is 9.84 Å². The second-order valence-corrected chi connectivity index (χ2v) is 12.3. The molecule has 5 rings (SSSR count). The van der Waals surface area contributed by atoms with E-state index in [1.807, 2.05) is 36.5 Å². The Morgan fingerprint density at radius 1 is 0.947 bits per heavy atom. The van der Waals surface area contributed by atoms with Crippen LogP contribution in [0.5, 0.6) is 5.75 Å². The van der Waals surface area contributed by atoms with Gasteiger partial charge in [0.2, 0.25) is 0 Å². The largest absolute Gasteiger partial charge is 0.494 e. The number of ether oxygens (including phenoxy) is 1. The van der Waals surface area contributed by atoms with E-state index in [4.69, 9.17) is 9.72 Å². The van der Waals surface area contributed by atoms with Crippen LogP contribution in [0.3, 0.4) is 0 Å². The van der Waals surface area contributed by atoms with Crippen molar-refractivity contribution in [1.29, 1.82) is 0 Å².